The summed E-state index contributed by atoms with van der Waals surface area (Å²) in [7, 11) is 0. The highest BCUT2D eigenvalue weighted by Gasteiger charge is 2.28. The normalized spacial score (nSPS) is 17.6. The summed E-state index contributed by atoms with van der Waals surface area (Å²) in [4.78, 5) is 4.61. The summed E-state index contributed by atoms with van der Waals surface area (Å²) >= 11 is 1.76. The van der Waals surface area contributed by atoms with E-state index in [1.807, 2.05) is 0 Å². The van der Waals surface area contributed by atoms with E-state index in [0.29, 0.717) is 6.04 Å². The minimum Gasteiger partial charge on any atom is -0.359 e. The first kappa shape index (κ1) is 10.1. The number of anilines is 1. The molecule has 1 aliphatic carbocycles. The minimum atomic E-state index is 0.571. The second kappa shape index (κ2) is 3.74. The second-order valence-corrected chi connectivity index (χ2v) is 5.79. The van der Waals surface area contributed by atoms with Crippen molar-refractivity contribution in [2.75, 3.05) is 5.32 Å². The van der Waals surface area contributed by atoms with Crippen LogP contribution < -0.4 is 5.32 Å². The average molecular weight is 232 g/mol. The summed E-state index contributed by atoms with van der Waals surface area (Å²) in [5, 5.41) is 4.59. The van der Waals surface area contributed by atoms with Crippen LogP contribution in [-0.2, 0) is 0 Å². The highest BCUT2D eigenvalue weighted by molar-refractivity contribution is 7.22. The molecule has 1 aromatic heterocycles. The Labute approximate surface area is 99.7 Å². The Morgan fingerprint density at radius 2 is 2.25 bits per heavy atom. The van der Waals surface area contributed by atoms with Gasteiger partial charge in [0.1, 0.15) is 0 Å². The lowest BCUT2D eigenvalue weighted by Crippen LogP contribution is -2.16. The van der Waals surface area contributed by atoms with Crippen LogP contribution in [0.3, 0.4) is 0 Å². The van der Waals surface area contributed by atoms with Gasteiger partial charge >= 0.3 is 0 Å². The van der Waals surface area contributed by atoms with Crippen LogP contribution in [0.25, 0.3) is 10.2 Å². The maximum Gasteiger partial charge on any atom is 0.184 e. The summed E-state index contributed by atoms with van der Waals surface area (Å²) in [5.41, 5.74) is 2.42. The van der Waals surface area contributed by atoms with Crippen molar-refractivity contribution in [3.8, 4) is 0 Å². The molecule has 1 aromatic carbocycles. The molecule has 3 rings (SSSR count). The number of rotatable bonds is 3. The van der Waals surface area contributed by atoms with Gasteiger partial charge in [-0.15, -0.1) is 0 Å². The smallest absolute Gasteiger partial charge is 0.184 e. The molecule has 0 radical (unpaired) electrons. The molecule has 0 spiro atoms. The van der Waals surface area contributed by atoms with Crippen molar-refractivity contribution in [1.82, 2.24) is 4.98 Å². The average Bonchev–Trinajstić information content (AvgIpc) is 3.00. The van der Waals surface area contributed by atoms with Crippen LogP contribution >= 0.6 is 11.3 Å². The Hall–Kier alpha value is -1.09. The van der Waals surface area contributed by atoms with E-state index >= 15 is 0 Å². The molecular formula is C13H16N2S. The molecule has 1 N–H and O–H groups in total. The SMILES string of the molecule is Cc1ccc2nc(NC(C)C3CC3)sc2c1. The van der Waals surface area contributed by atoms with Crippen LogP contribution in [0.4, 0.5) is 5.13 Å². The summed E-state index contributed by atoms with van der Waals surface area (Å²) in [6.07, 6.45) is 2.75. The van der Waals surface area contributed by atoms with Gasteiger partial charge in [0.05, 0.1) is 10.2 Å². The quantitative estimate of drug-likeness (QED) is 0.870. The van der Waals surface area contributed by atoms with Crippen LogP contribution in [0, 0.1) is 12.8 Å². The lowest BCUT2D eigenvalue weighted by Gasteiger charge is -2.10. The van der Waals surface area contributed by atoms with Crippen molar-refractivity contribution in [3.05, 3.63) is 23.8 Å². The second-order valence-electron chi connectivity index (χ2n) is 4.76. The fourth-order valence-corrected chi connectivity index (χ4v) is 3.06. The molecule has 2 aromatic rings. The third-order valence-corrected chi connectivity index (χ3v) is 4.17. The van der Waals surface area contributed by atoms with E-state index in [-0.39, 0.29) is 0 Å². The summed E-state index contributed by atoms with van der Waals surface area (Å²) in [6, 6.07) is 7.01. The zero-order valence-electron chi connectivity index (χ0n) is 9.66. The lowest BCUT2D eigenvalue weighted by molar-refractivity contribution is 0.693. The number of nitrogens with zero attached hydrogens (tertiary/aromatic N) is 1. The Morgan fingerprint density at radius 3 is 3.00 bits per heavy atom. The van der Waals surface area contributed by atoms with Crippen LogP contribution in [0.2, 0.25) is 0 Å². The molecule has 2 nitrogen and oxygen atoms in total. The number of hydrogen-bond donors (Lipinski definition) is 1. The van der Waals surface area contributed by atoms with Crippen LogP contribution in [0.1, 0.15) is 25.3 Å². The lowest BCUT2D eigenvalue weighted by atomic mass is 10.2. The van der Waals surface area contributed by atoms with Crippen LogP contribution in [0.5, 0.6) is 0 Å². The van der Waals surface area contributed by atoms with Crippen molar-refractivity contribution >= 4 is 26.7 Å². The third kappa shape index (κ3) is 1.92. The van der Waals surface area contributed by atoms with Crippen molar-refractivity contribution in [2.24, 2.45) is 5.92 Å². The van der Waals surface area contributed by atoms with Crippen molar-refractivity contribution in [1.29, 1.82) is 0 Å². The fourth-order valence-electron chi connectivity index (χ4n) is 2.00. The fraction of sp³-hybridized carbons (Fsp3) is 0.462. The van der Waals surface area contributed by atoms with E-state index in [1.54, 1.807) is 11.3 Å². The van der Waals surface area contributed by atoms with E-state index < -0.39 is 0 Å². The van der Waals surface area contributed by atoms with Crippen molar-refractivity contribution in [3.63, 3.8) is 0 Å². The van der Waals surface area contributed by atoms with E-state index in [1.165, 1.54) is 23.1 Å². The van der Waals surface area contributed by atoms with Gasteiger partial charge in [0, 0.05) is 6.04 Å². The predicted octanol–water partition coefficient (Wildman–Crippen LogP) is 3.82. The van der Waals surface area contributed by atoms with Gasteiger partial charge in [0.2, 0.25) is 0 Å². The van der Waals surface area contributed by atoms with Crippen LogP contribution in [-0.4, -0.2) is 11.0 Å². The number of aryl methyl sites for hydroxylation is 1. The molecule has 84 valence electrons. The monoisotopic (exact) mass is 232 g/mol. The van der Waals surface area contributed by atoms with Crippen molar-refractivity contribution < 1.29 is 0 Å². The van der Waals surface area contributed by atoms with Crippen molar-refractivity contribution in [2.45, 2.75) is 32.7 Å². The molecule has 1 atom stereocenters. The first-order valence-corrected chi connectivity index (χ1v) is 6.68. The predicted molar refractivity (Wildman–Crippen MR) is 70.2 cm³/mol. The van der Waals surface area contributed by atoms with Gasteiger partial charge in [-0.1, -0.05) is 17.4 Å². The maximum absolute atomic E-state index is 4.61. The largest absolute Gasteiger partial charge is 0.359 e. The molecule has 0 aliphatic heterocycles. The van der Waals surface area contributed by atoms with E-state index in [4.69, 9.17) is 0 Å². The highest BCUT2D eigenvalue weighted by atomic mass is 32.1. The zero-order chi connectivity index (χ0) is 11.1. The van der Waals surface area contributed by atoms with Gasteiger partial charge in [-0.05, 0) is 50.3 Å². The Kier molecular flexibility index (Phi) is 2.36. The molecule has 1 unspecified atom stereocenters. The van der Waals surface area contributed by atoms with E-state index in [9.17, 15) is 0 Å². The topological polar surface area (TPSA) is 24.9 Å². The van der Waals surface area contributed by atoms with Gasteiger partial charge in [-0.25, -0.2) is 4.98 Å². The molecule has 3 heteroatoms. The number of hydrogen-bond acceptors (Lipinski definition) is 3. The summed E-state index contributed by atoms with van der Waals surface area (Å²) < 4.78 is 1.28. The van der Waals surface area contributed by atoms with Gasteiger partial charge in [0.25, 0.3) is 0 Å². The number of nitrogens with one attached hydrogen (secondary N) is 1. The third-order valence-electron chi connectivity index (χ3n) is 3.22. The zero-order valence-corrected chi connectivity index (χ0v) is 10.5. The summed E-state index contributed by atoms with van der Waals surface area (Å²) in [5.74, 6) is 0.869. The van der Waals surface area contributed by atoms with E-state index in [2.05, 4.69) is 42.3 Å². The molecule has 0 bridgehead atoms. The minimum absolute atomic E-state index is 0.571. The Balaban J connectivity index is 1.86. The van der Waals surface area contributed by atoms with Gasteiger partial charge in [-0.2, -0.15) is 0 Å². The molecule has 1 heterocycles. The van der Waals surface area contributed by atoms with Gasteiger partial charge in [-0.3, -0.25) is 0 Å². The van der Waals surface area contributed by atoms with Gasteiger partial charge in [0.15, 0.2) is 5.13 Å². The Morgan fingerprint density at radius 1 is 1.44 bits per heavy atom. The number of benzene rings is 1. The number of fused-ring (bicyclic) bond motifs is 1. The molecular weight excluding hydrogens is 216 g/mol. The summed E-state index contributed by atoms with van der Waals surface area (Å²) in [6.45, 7) is 4.38. The number of aromatic nitrogens is 1. The standard InChI is InChI=1S/C13H16N2S/c1-8-3-6-11-12(7-8)16-13(15-11)14-9(2)10-4-5-10/h3,6-7,9-10H,4-5H2,1-2H3,(H,14,15). The molecule has 0 saturated heterocycles. The molecule has 1 aliphatic rings. The van der Waals surface area contributed by atoms with E-state index in [0.717, 1.165) is 16.6 Å². The first-order valence-electron chi connectivity index (χ1n) is 5.86. The Bertz CT molecular complexity index is 514. The number of thiazole rings is 1. The highest BCUT2D eigenvalue weighted by Crippen LogP contribution is 2.35. The molecule has 0 amide bonds. The van der Waals surface area contributed by atoms with Crippen LogP contribution in [0.15, 0.2) is 18.2 Å². The van der Waals surface area contributed by atoms with Gasteiger partial charge < -0.3 is 5.32 Å². The maximum atomic E-state index is 4.61. The first-order chi connectivity index (χ1) is 7.72. The molecule has 1 fully saturated rings. The molecule has 16 heavy (non-hydrogen) atoms. The molecule has 1 saturated carbocycles.